The van der Waals surface area contributed by atoms with Crippen LogP contribution in [0.5, 0.6) is 0 Å². The van der Waals surface area contributed by atoms with Crippen molar-refractivity contribution in [2.45, 2.75) is 51.9 Å². The number of ether oxygens (including phenoxy) is 1. The number of carbonyl (C=O) groups excluding carboxylic acids is 1. The molecule has 24 heavy (non-hydrogen) atoms. The Balaban J connectivity index is 1.43. The fourth-order valence-electron chi connectivity index (χ4n) is 3.60. The summed E-state index contributed by atoms with van der Waals surface area (Å²) in [5, 5.41) is 10.3. The van der Waals surface area contributed by atoms with E-state index in [2.05, 4.69) is 20.4 Å². The van der Waals surface area contributed by atoms with Crippen LogP contribution in [0.25, 0.3) is 0 Å². The fraction of sp³-hybridized carbons (Fsp3) is 0.444. The zero-order valence-corrected chi connectivity index (χ0v) is 13.8. The Morgan fingerprint density at radius 3 is 2.83 bits per heavy atom. The first kappa shape index (κ1) is 15.2. The first-order chi connectivity index (χ1) is 11.7. The van der Waals surface area contributed by atoms with Crippen molar-refractivity contribution >= 4 is 17.4 Å². The monoisotopic (exact) mass is 326 g/mol. The summed E-state index contributed by atoms with van der Waals surface area (Å²) in [6, 6.07) is 6.10. The number of anilines is 2. The van der Waals surface area contributed by atoms with Gasteiger partial charge in [-0.15, -0.1) is 0 Å². The van der Waals surface area contributed by atoms with Crippen LogP contribution < -0.4 is 10.6 Å². The summed E-state index contributed by atoms with van der Waals surface area (Å²) in [5.41, 5.74) is 4.88. The van der Waals surface area contributed by atoms with Gasteiger partial charge in [-0.25, -0.2) is 4.79 Å². The molecular formula is C18H22N4O2. The highest BCUT2D eigenvalue weighted by Crippen LogP contribution is 2.31. The Hall–Kier alpha value is -2.34. The summed E-state index contributed by atoms with van der Waals surface area (Å²) in [6.07, 6.45) is 6.60. The Morgan fingerprint density at radius 2 is 2.00 bits per heavy atom. The van der Waals surface area contributed by atoms with Crippen molar-refractivity contribution in [3.05, 3.63) is 41.2 Å². The molecule has 6 nitrogen and oxygen atoms in total. The number of carbonyl (C=O) groups is 1. The second-order valence-electron chi connectivity index (χ2n) is 6.58. The van der Waals surface area contributed by atoms with Gasteiger partial charge in [0.2, 0.25) is 0 Å². The van der Waals surface area contributed by atoms with Crippen LogP contribution in [0, 0.1) is 6.92 Å². The molecular weight excluding hydrogens is 304 g/mol. The van der Waals surface area contributed by atoms with Gasteiger partial charge < -0.3 is 15.4 Å². The van der Waals surface area contributed by atoms with E-state index in [1.54, 1.807) is 6.20 Å². The van der Waals surface area contributed by atoms with Crippen molar-refractivity contribution in [2.75, 3.05) is 10.6 Å². The summed E-state index contributed by atoms with van der Waals surface area (Å²) in [5.74, 6) is 0. The van der Waals surface area contributed by atoms with Crippen molar-refractivity contribution in [2.24, 2.45) is 0 Å². The SMILES string of the molecule is Cc1c(NC(=O)Nc2ccc3c(c2)COC3)cnn1C1CCCC1. The topological polar surface area (TPSA) is 68.2 Å². The molecule has 1 aliphatic heterocycles. The lowest BCUT2D eigenvalue weighted by molar-refractivity contribution is 0.134. The van der Waals surface area contributed by atoms with Crippen LogP contribution in [0.3, 0.4) is 0 Å². The van der Waals surface area contributed by atoms with Crippen molar-refractivity contribution in [3.63, 3.8) is 0 Å². The highest BCUT2D eigenvalue weighted by atomic mass is 16.5. The summed E-state index contributed by atoms with van der Waals surface area (Å²) in [7, 11) is 0. The van der Waals surface area contributed by atoms with Gasteiger partial charge in [0.1, 0.15) is 0 Å². The lowest BCUT2D eigenvalue weighted by Crippen LogP contribution is -2.20. The van der Waals surface area contributed by atoms with Crippen LogP contribution in [-0.4, -0.2) is 15.8 Å². The van der Waals surface area contributed by atoms with Gasteiger partial charge in [-0.3, -0.25) is 4.68 Å². The lowest BCUT2D eigenvalue weighted by Gasteiger charge is -2.13. The van der Waals surface area contributed by atoms with E-state index in [4.69, 9.17) is 4.74 Å². The molecule has 1 aliphatic carbocycles. The number of rotatable bonds is 3. The summed E-state index contributed by atoms with van der Waals surface area (Å²) in [6.45, 7) is 3.27. The number of benzene rings is 1. The normalized spacial score (nSPS) is 17.0. The number of nitrogens with one attached hydrogen (secondary N) is 2. The van der Waals surface area contributed by atoms with Crippen LogP contribution in [-0.2, 0) is 18.0 Å². The molecule has 0 saturated heterocycles. The molecule has 1 aromatic carbocycles. The largest absolute Gasteiger partial charge is 0.372 e. The molecule has 0 atom stereocenters. The average Bonchev–Trinajstić information content (AvgIpc) is 3.29. The summed E-state index contributed by atoms with van der Waals surface area (Å²) in [4.78, 5) is 12.3. The summed E-state index contributed by atoms with van der Waals surface area (Å²) < 4.78 is 7.45. The molecule has 0 spiro atoms. The molecule has 2 aliphatic rings. The van der Waals surface area contributed by atoms with Crippen molar-refractivity contribution in [1.29, 1.82) is 0 Å². The molecule has 1 saturated carbocycles. The molecule has 126 valence electrons. The molecule has 2 N–H and O–H groups in total. The van der Waals surface area contributed by atoms with Gasteiger partial charge in [0.05, 0.1) is 36.8 Å². The van der Waals surface area contributed by atoms with Gasteiger partial charge in [0.25, 0.3) is 0 Å². The predicted octanol–water partition coefficient (Wildman–Crippen LogP) is 3.98. The number of amides is 2. The molecule has 2 amide bonds. The fourth-order valence-corrected chi connectivity index (χ4v) is 3.60. The van der Waals surface area contributed by atoms with E-state index in [0.717, 1.165) is 22.6 Å². The number of fused-ring (bicyclic) bond motifs is 1. The number of hydrogen-bond acceptors (Lipinski definition) is 3. The van der Waals surface area contributed by atoms with Gasteiger partial charge in [-0.1, -0.05) is 18.9 Å². The quantitative estimate of drug-likeness (QED) is 0.896. The minimum absolute atomic E-state index is 0.247. The second-order valence-corrected chi connectivity index (χ2v) is 6.58. The maximum absolute atomic E-state index is 12.3. The van der Waals surface area contributed by atoms with E-state index in [1.165, 1.54) is 31.2 Å². The molecule has 0 bridgehead atoms. The third kappa shape index (κ3) is 2.89. The summed E-state index contributed by atoms with van der Waals surface area (Å²) >= 11 is 0. The van der Waals surface area contributed by atoms with E-state index >= 15 is 0 Å². The van der Waals surface area contributed by atoms with E-state index in [1.807, 2.05) is 25.1 Å². The molecule has 6 heteroatoms. The van der Waals surface area contributed by atoms with Crippen LogP contribution >= 0.6 is 0 Å². The average molecular weight is 326 g/mol. The number of urea groups is 1. The molecule has 0 radical (unpaired) electrons. The van der Waals surface area contributed by atoms with Crippen molar-refractivity contribution in [1.82, 2.24) is 9.78 Å². The number of aromatic nitrogens is 2. The van der Waals surface area contributed by atoms with E-state index < -0.39 is 0 Å². The van der Waals surface area contributed by atoms with E-state index in [0.29, 0.717) is 19.3 Å². The third-order valence-electron chi connectivity index (χ3n) is 4.94. The predicted molar refractivity (Wildman–Crippen MR) is 92.0 cm³/mol. The minimum atomic E-state index is -0.247. The third-order valence-corrected chi connectivity index (χ3v) is 4.94. The van der Waals surface area contributed by atoms with Crippen LogP contribution in [0.4, 0.5) is 16.2 Å². The first-order valence-electron chi connectivity index (χ1n) is 8.52. The van der Waals surface area contributed by atoms with E-state index in [9.17, 15) is 4.79 Å². The molecule has 2 heterocycles. The highest BCUT2D eigenvalue weighted by Gasteiger charge is 2.21. The zero-order valence-electron chi connectivity index (χ0n) is 13.8. The Kier molecular flexibility index (Phi) is 3.98. The molecule has 0 unspecified atom stereocenters. The smallest absolute Gasteiger partial charge is 0.323 e. The van der Waals surface area contributed by atoms with Crippen LogP contribution in [0.15, 0.2) is 24.4 Å². The van der Waals surface area contributed by atoms with Crippen molar-refractivity contribution in [3.8, 4) is 0 Å². The van der Waals surface area contributed by atoms with Gasteiger partial charge in [0.15, 0.2) is 0 Å². The standard InChI is InChI=1S/C18H22N4O2/c1-12-17(9-19-22(12)16-4-2-3-5-16)21-18(23)20-15-7-6-13-10-24-11-14(13)8-15/h6-9,16H,2-5,10-11H2,1H3,(H2,20,21,23). The van der Waals surface area contributed by atoms with Gasteiger partial charge in [-0.05, 0) is 43.0 Å². The zero-order chi connectivity index (χ0) is 16.5. The van der Waals surface area contributed by atoms with Gasteiger partial charge in [-0.2, -0.15) is 5.10 Å². The maximum atomic E-state index is 12.3. The molecule has 1 fully saturated rings. The second kappa shape index (κ2) is 6.28. The number of hydrogen-bond donors (Lipinski definition) is 2. The van der Waals surface area contributed by atoms with Gasteiger partial charge >= 0.3 is 6.03 Å². The Labute approximate surface area is 141 Å². The van der Waals surface area contributed by atoms with Crippen molar-refractivity contribution < 1.29 is 9.53 Å². The molecule has 1 aromatic heterocycles. The molecule has 4 rings (SSSR count). The Bertz CT molecular complexity index is 762. The van der Waals surface area contributed by atoms with Crippen LogP contribution in [0.1, 0.15) is 48.5 Å². The first-order valence-corrected chi connectivity index (χ1v) is 8.52. The van der Waals surface area contributed by atoms with Gasteiger partial charge in [0, 0.05) is 5.69 Å². The molecule has 2 aromatic rings. The Morgan fingerprint density at radius 1 is 1.21 bits per heavy atom. The van der Waals surface area contributed by atoms with E-state index in [-0.39, 0.29) is 6.03 Å². The number of nitrogens with zero attached hydrogens (tertiary/aromatic N) is 2. The highest BCUT2D eigenvalue weighted by molar-refractivity contribution is 6.00. The maximum Gasteiger partial charge on any atom is 0.323 e. The minimum Gasteiger partial charge on any atom is -0.372 e. The lowest BCUT2D eigenvalue weighted by atomic mass is 10.1. The van der Waals surface area contributed by atoms with Crippen LogP contribution in [0.2, 0.25) is 0 Å².